The van der Waals surface area contributed by atoms with Gasteiger partial charge in [-0.05, 0) is 63.8 Å². The van der Waals surface area contributed by atoms with E-state index in [1.165, 1.54) is 17.7 Å². The topological polar surface area (TPSA) is 26.0 Å². The first-order chi connectivity index (χ1) is 9.47. The maximum Gasteiger partial charge on any atom is 0.124 e. The zero-order valence-corrected chi connectivity index (χ0v) is 13.9. The van der Waals surface area contributed by atoms with Gasteiger partial charge in [-0.1, -0.05) is 44.2 Å². The molecule has 0 aliphatic heterocycles. The van der Waals surface area contributed by atoms with Crippen molar-refractivity contribution in [3.63, 3.8) is 0 Å². The lowest BCUT2D eigenvalue weighted by molar-refractivity contribution is 0.625. The summed E-state index contributed by atoms with van der Waals surface area (Å²) < 4.78 is 14.0. The molecule has 3 heteroatoms. The molecule has 106 valence electrons. The van der Waals surface area contributed by atoms with Crippen LogP contribution in [-0.2, 0) is 6.42 Å². The molecule has 0 spiro atoms. The first-order valence-corrected chi connectivity index (χ1v) is 7.84. The zero-order chi connectivity index (χ0) is 14.7. The maximum absolute atomic E-state index is 13.2. The van der Waals surface area contributed by atoms with Gasteiger partial charge in [-0.25, -0.2) is 4.39 Å². The molecule has 0 saturated carbocycles. The summed E-state index contributed by atoms with van der Waals surface area (Å²) in [4.78, 5) is 0. The van der Waals surface area contributed by atoms with E-state index in [4.69, 9.17) is 5.73 Å². The fourth-order valence-corrected chi connectivity index (χ4v) is 3.13. The molecule has 0 aliphatic rings. The van der Waals surface area contributed by atoms with Crippen molar-refractivity contribution in [1.82, 2.24) is 0 Å². The van der Waals surface area contributed by atoms with Crippen LogP contribution < -0.4 is 5.73 Å². The molecule has 0 amide bonds. The minimum Gasteiger partial charge on any atom is -0.320 e. The van der Waals surface area contributed by atoms with Crippen LogP contribution in [0.3, 0.4) is 0 Å². The lowest BCUT2D eigenvalue weighted by Crippen LogP contribution is -2.14. The van der Waals surface area contributed by atoms with Gasteiger partial charge in [0.1, 0.15) is 5.82 Å². The van der Waals surface area contributed by atoms with E-state index >= 15 is 0 Å². The first-order valence-electron chi connectivity index (χ1n) is 6.76. The Morgan fingerprint density at radius 2 is 1.90 bits per heavy atom. The molecule has 0 radical (unpaired) electrons. The highest BCUT2D eigenvalue weighted by atomic mass is 127. The average Bonchev–Trinajstić information content (AvgIpc) is 2.37. The van der Waals surface area contributed by atoms with E-state index < -0.39 is 0 Å². The molecule has 0 aliphatic carbocycles. The highest BCUT2D eigenvalue weighted by molar-refractivity contribution is 14.1. The molecule has 0 saturated heterocycles. The Bertz CT molecular complexity index is 595. The number of hydrogen-bond acceptors (Lipinski definition) is 1. The monoisotopic (exact) mass is 383 g/mol. The number of halogens is 2. The molecule has 2 aromatic rings. The van der Waals surface area contributed by atoms with Crippen LogP contribution in [0.25, 0.3) is 0 Å². The Labute approximate surface area is 133 Å². The van der Waals surface area contributed by atoms with Gasteiger partial charge in [0.15, 0.2) is 0 Å². The van der Waals surface area contributed by atoms with E-state index in [1.807, 2.05) is 12.1 Å². The van der Waals surface area contributed by atoms with Crippen LogP contribution in [0.15, 0.2) is 42.5 Å². The molecule has 0 fully saturated rings. The molecule has 1 atom stereocenters. The Hall–Kier alpha value is -0.940. The van der Waals surface area contributed by atoms with Crippen LogP contribution in [0.1, 0.15) is 36.6 Å². The summed E-state index contributed by atoms with van der Waals surface area (Å²) in [7, 11) is 0. The van der Waals surface area contributed by atoms with Crippen molar-refractivity contribution in [2.24, 2.45) is 11.7 Å². The van der Waals surface area contributed by atoms with Gasteiger partial charge in [-0.3, -0.25) is 0 Å². The highest BCUT2D eigenvalue weighted by Gasteiger charge is 2.13. The molecule has 2 N–H and O–H groups in total. The third-order valence-electron chi connectivity index (χ3n) is 3.25. The molecule has 1 nitrogen and oxygen atoms in total. The molecular weight excluding hydrogens is 364 g/mol. The fraction of sp³-hybridized carbons (Fsp3) is 0.294. The predicted molar refractivity (Wildman–Crippen MR) is 90.1 cm³/mol. The van der Waals surface area contributed by atoms with Crippen LogP contribution >= 0.6 is 22.6 Å². The smallest absolute Gasteiger partial charge is 0.124 e. The third-order valence-corrected chi connectivity index (χ3v) is 4.19. The molecule has 0 bridgehead atoms. The molecule has 0 heterocycles. The Kier molecular flexibility index (Phi) is 5.16. The minimum absolute atomic E-state index is 0.213. The van der Waals surface area contributed by atoms with Gasteiger partial charge in [-0.2, -0.15) is 0 Å². The van der Waals surface area contributed by atoms with Crippen LogP contribution in [0.2, 0.25) is 0 Å². The SMILES string of the molecule is CC(C)Cc1cccc(C(N)c2ccc(F)cc2I)c1. The maximum atomic E-state index is 13.2. The van der Waals surface area contributed by atoms with E-state index in [0.717, 1.165) is 21.1 Å². The lowest BCUT2D eigenvalue weighted by atomic mass is 9.95. The largest absolute Gasteiger partial charge is 0.320 e. The van der Waals surface area contributed by atoms with Gasteiger partial charge in [0.25, 0.3) is 0 Å². The molecule has 1 unspecified atom stereocenters. The number of nitrogens with two attached hydrogens (primary N) is 1. The van der Waals surface area contributed by atoms with Crippen molar-refractivity contribution in [2.45, 2.75) is 26.3 Å². The van der Waals surface area contributed by atoms with Crippen LogP contribution in [0.5, 0.6) is 0 Å². The Morgan fingerprint density at radius 1 is 1.15 bits per heavy atom. The van der Waals surface area contributed by atoms with Crippen molar-refractivity contribution < 1.29 is 4.39 Å². The quantitative estimate of drug-likeness (QED) is 0.763. The summed E-state index contributed by atoms with van der Waals surface area (Å²) in [5.74, 6) is 0.395. The van der Waals surface area contributed by atoms with Gasteiger partial charge >= 0.3 is 0 Å². The molecule has 2 rings (SSSR count). The number of rotatable bonds is 4. The van der Waals surface area contributed by atoms with Crippen molar-refractivity contribution in [1.29, 1.82) is 0 Å². The van der Waals surface area contributed by atoms with Crippen molar-refractivity contribution in [3.05, 3.63) is 68.5 Å². The normalized spacial score (nSPS) is 12.7. The first kappa shape index (κ1) is 15.4. The Morgan fingerprint density at radius 3 is 2.55 bits per heavy atom. The number of hydrogen-bond donors (Lipinski definition) is 1. The van der Waals surface area contributed by atoms with Gasteiger partial charge in [0, 0.05) is 3.57 Å². The number of benzene rings is 2. The van der Waals surface area contributed by atoms with E-state index in [-0.39, 0.29) is 11.9 Å². The van der Waals surface area contributed by atoms with E-state index in [9.17, 15) is 4.39 Å². The van der Waals surface area contributed by atoms with E-state index in [1.54, 1.807) is 6.07 Å². The van der Waals surface area contributed by atoms with Gasteiger partial charge in [-0.15, -0.1) is 0 Å². The summed E-state index contributed by atoms with van der Waals surface area (Å²) >= 11 is 2.14. The average molecular weight is 383 g/mol. The van der Waals surface area contributed by atoms with Crippen LogP contribution in [0.4, 0.5) is 4.39 Å². The van der Waals surface area contributed by atoms with Gasteiger partial charge < -0.3 is 5.73 Å². The second kappa shape index (κ2) is 6.68. The van der Waals surface area contributed by atoms with Gasteiger partial charge in [0.2, 0.25) is 0 Å². The zero-order valence-electron chi connectivity index (χ0n) is 11.7. The Balaban J connectivity index is 2.30. The van der Waals surface area contributed by atoms with E-state index in [2.05, 4.69) is 48.6 Å². The van der Waals surface area contributed by atoms with Gasteiger partial charge in [0.05, 0.1) is 6.04 Å². The molecule has 20 heavy (non-hydrogen) atoms. The van der Waals surface area contributed by atoms with Crippen molar-refractivity contribution >= 4 is 22.6 Å². The molecule has 0 aromatic heterocycles. The second-order valence-corrected chi connectivity index (χ2v) is 6.65. The molecule has 2 aromatic carbocycles. The van der Waals surface area contributed by atoms with Crippen molar-refractivity contribution in [3.8, 4) is 0 Å². The highest BCUT2D eigenvalue weighted by Crippen LogP contribution is 2.26. The summed E-state index contributed by atoms with van der Waals surface area (Å²) in [5.41, 5.74) is 9.68. The summed E-state index contributed by atoms with van der Waals surface area (Å²) in [5, 5.41) is 0. The third kappa shape index (κ3) is 3.79. The van der Waals surface area contributed by atoms with Crippen molar-refractivity contribution in [2.75, 3.05) is 0 Å². The summed E-state index contributed by atoms with van der Waals surface area (Å²) in [6, 6.07) is 12.9. The fourth-order valence-electron chi connectivity index (χ4n) is 2.32. The second-order valence-electron chi connectivity index (χ2n) is 5.49. The standard InChI is InChI=1S/C17H19FIN/c1-11(2)8-12-4-3-5-13(9-12)17(20)15-7-6-14(18)10-16(15)19/h3-7,9-11,17H,8,20H2,1-2H3. The lowest BCUT2D eigenvalue weighted by Gasteiger charge is -2.16. The van der Waals surface area contributed by atoms with E-state index in [0.29, 0.717) is 5.92 Å². The van der Waals surface area contributed by atoms with Crippen LogP contribution in [-0.4, -0.2) is 0 Å². The predicted octanol–water partition coefficient (Wildman–Crippen LogP) is 4.68. The summed E-state index contributed by atoms with van der Waals surface area (Å²) in [6.07, 6.45) is 1.04. The summed E-state index contributed by atoms with van der Waals surface area (Å²) in [6.45, 7) is 4.41. The van der Waals surface area contributed by atoms with Crippen LogP contribution in [0, 0.1) is 15.3 Å². The minimum atomic E-state index is -0.223. The molecular formula is C17H19FIN.